The third kappa shape index (κ3) is 2.32. The third-order valence-electron chi connectivity index (χ3n) is 2.04. The summed E-state index contributed by atoms with van der Waals surface area (Å²) in [7, 11) is 0. The lowest BCUT2D eigenvalue weighted by Crippen LogP contribution is -1.99. The maximum absolute atomic E-state index is 5.00. The van der Waals surface area contributed by atoms with Gasteiger partial charge in [0, 0.05) is 12.8 Å². The second-order valence-corrected chi connectivity index (χ2v) is 3.18. The summed E-state index contributed by atoms with van der Waals surface area (Å²) in [5.74, 6) is 2.24. The molecule has 0 bridgehead atoms. The van der Waals surface area contributed by atoms with Gasteiger partial charge in [-0.05, 0) is 5.92 Å². The van der Waals surface area contributed by atoms with Crippen LogP contribution in [0.5, 0.6) is 0 Å². The first-order valence-electron chi connectivity index (χ1n) is 4.57. The molecule has 3 nitrogen and oxygen atoms in total. The van der Waals surface area contributed by atoms with Gasteiger partial charge < -0.3 is 4.52 Å². The van der Waals surface area contributed by atoms with Gasteiger partial charge in [0.2, 0.25) is 5.89 Å². The zero-order valence-electron chi connectivity index (χ0n) is 8.00. The van der Waals surface area contributed by atoms with Gasteiger partial charge in [0.05, 0.1) is 0 Å². The fraction of sp³-hybridized carbons (Fsp3) is 0.778. The van der Waals surface area contributed by atoms with Gasteiger partial charge in [-0.1, -0.05) is 32.3 Å². The molecule has 1 rings (SSSR count). The van der Waals surface area contributed by atoms with Crippen molar-refractivity contribution in [2.75, 3.05) is 0 Å². The maximum Gasteiger partial charge on any atom is 0.226 e. The fourth-order valence-electron chi connectivity index (χ4n) is 0.973. The molecule has 0 radical (unpaired) electrons. The van der Waals surface area contributed by atoms with Gasteiger partial charge in [-0.3, -0.25) is 0 Å². The van der Waals surface area contributed by atoms with Gasteiger partial charge in [-0.25, -0.2) is 0 Å². The first kappa shape index (κ1) is 9.23. The molecule has 68 valence electrons. The van der Waals surface area contributed by atoms with Gasteiger partial charge >= 0.3 is 0 Å². The van der Waals surface area contributed by atoms with Gasteiger partial charge in [0.15, 0.2) is 5.82 Å². The van der Waals surface area contributed by atoms with Gasteiger partial charge in [0.1, 0.15) is 0 Å². The molecule has 0 spiro atoms. The smallest absolute Gasteiger partial charge is 0.226 e. The monoisotopic (exact) mass is 168 g/mol. The van der Waals surface area contributed by atoms with Crippen LogP contribution < -0.4 is 0 Å². The molecule has 0 aromatic carbocycles. The number of aromatic nitrogens is 2. The van der Waals surface area contributed by atoms with E-state index in [-0.39, 0.29) is 0 Å². The summed E-state index contributed by atoms with van der Waals surface area (Å²) in [6.45, 7) is 6.38. The molecule has 0 aliphatic carbocycles. The lowest BCUT2D eigenvalue weighted by molar-refractivity contribution is 0.373. The molecule has 0 amide bonds. The minimum Gasteiger partial charge on any atom is -0.339 e. The highest BCUT2D eigenvalue weighted by Crippen LogP contribution is 2.08. The molecule has 0 fully saturated rings. The van der Waals surface area contributed by atoms with E-state index in [1.54, 1.807) is 0 Å². The van der Waals surface area contributed by atoms with Crippen LogP contribution in [0.15, 0.2) is 4.52 Å². The molecule has 0 aliphatic heterocycles. The number of nitrogens with zero attached hydrogens (tertiary/aromatic N) is 2. The van der Waals surface area contributed by atoms with Crippen molar-refractivity contribution in [2.45, 2.75) is 40.0 Å². The van der Waals surface area contributed by atoms with E-state index in [0.29, 0.717) is 5.92 Å². The number of rotatable bonds is 4. The topological polar surface area (TPSA) is 38.9 Å². The molecule has 1 unspecified atom stereocenters. The zero-order chi connectivity index (χ0) is 8.97. The minimum atomic E-state index is 0.646. The summed E-state index contributed by atoms with van der Waals surface area (Å²) >= 11 is 0. The highest BCUT2D eigenvalue weighted by Gasteiger charge is 2.07. The molecule has 1 heterocycles. The summed E-state index contributed by atoms with van der Waals surface area (Å²) in [4.78, 5) is 4.24. The van der Waals surface area contributed by atoms with Crippen LogP contribution in [0, 0.1) is 5.92 Å². The average molecular weight is 168 g/mol. The Balaban J connectivity index is 2.52. The standard InChI is InChI=1S/C9H16N2O/c1-4-7(3)6-8-10-9(5-2)12-11-8/h7H,4-6H2,1-3H3. The van der Waals surface area contributed by atoms with Gasteiger partial charge in [0.25, 0.3) is 0 Å². The van der Waals surface area contributed by atoms with E-state index in [1.807, 2.05) is 6.92 Å². The van der Waals surface area contributed by atoms with Crippen molar-refractivity contribution >= 4 is 0 Å². The number of hydrogen-bond donors (Lipinski definition) is 0. The number of hydrogen-bond acceptors (Lipinski definition) is 3. The molecule has 12 heavy (non-hydrogen) atoms. The molecule has 3 heteroatoms. The summed E-state index contributed by atoms with van der Waals surface area (Å²) in [5, 5.41) is 3.89. The van der Waals surface area contributed by atoms with Crippen molar-refractivity contribution in [1.82, 2.24) is 10.1 Å². The predicted molar refractivity (Wildman–Crippen MR) is 46.8 cm³/mol. The van der Waals surface area contributed by atoms with Crippen LogP contribution in [0.25, 0.3) is 0 Å². The Morgan fingerprint density at radius 2 is 2.17 bits per heavy atom. The predicted octanol–water partition coefficient (Wildman–Crippen LogP) is 2.22. The Morgan fingerprint density at radius 1 is 1.42 bits per heavy atom. The molecule has 1 aromatic heterocycles. The van der Waals surface area contributed by atoms with Crippen molar-refractivity contribution in [3.05, 3.63) is 11.7 Å². The first-order valence-corrected chi connectivity index (χ1v) is 4.57. The molecular formula is C9H16N2O. The van der Waals surface area contributed by atoms with Crippen molar-refractivity contribution in [3.63, 3.8) is 0 Å². The molecule has 1 aromatic rings. The fourth-order valence-corrected chi connectivity index (χ4v) is 0.973. The van der Waals surface area contributed by atoms with E-state index in [4.69, 9.17) is 4.52 Å². The quantitative estimate of drug-likeness (QED) is 0.692. The summed E-state index contributed by atoms with van der Waals surface area (Å²) in [6, 6.07) is 0. The molecule has 0 saturated heterocycles. The highest BCUT2D eigenvalue weighted by molar-refractivity contribution is 4.86. The van der Waals surface area contributed by atoms with Crippen molar-refractivity contribution in [1.29, 1.82) is 0 Å². The lowest BCUT2D eigenvalue weighted by atomic mass is 10.1. The van der Waals surface area contributed by atoms with Gasteiger partial charge in [-0.15, -0.1) is 0 Å². The zero-order valence-corrected chi connectivity index (χ0v) is 8.00. The number of aryl methyl sites for hydroxylation is 1. The van der Waals surface area contributed by atoms with E-state index in [2.05, 4.69) is 24.0 Å². The Labute approximate surface area is 73.2 Å². The molecule has 1 atom stereocenters. The summed E-state index contributed by atoms with van der Waals surface area (Å²) < 4.78 is 5.00. The Hall–Kier alpha value is -0.860. The highest BCUT2D eigenvalue weighted by atomic mass is 16.5. The lowest BCUT2D eigenvalue weighted by Gasteiger charge is -2.01. The van der Waals surface area contributed by atoms with Crippen LogP contribution in [0.1, 0.15) is 38.9 Å². The van der Waals surface area contributed by atoms with E-state index in [1.165, 1.54) is 0 Å². The van der Waals surface area contributed by atoms with E-state index in [9.17, 15) is 0 Å². The SMILES string of the molecule is CCc1nc(CC(C)CC)no1. The second kappa shape index (κ2) is 4.24. The summed E-state index contributed by atoms with van der Waals surface area (Å²) in [6.07, 6.45) is 2.92. The van der Waals surface area contributed by atoms with Gasteiger partial charge in [-0.2, -0.15) is 4.98 Å². The largest absolute Gasteiger partial charge is 0.339 e. The minimum absolute atomic E-state index is 0.646. The molecular weight excluding hydrogens is 152 g/mol. The Bertz CT molecular complexity index is 232. The summed E-state index contributed by atoms with van der Waals surface area (Å²) in [5.41, 5.74) is 0. The van der Waals surface area contributed by atoms with E-state index >= 15 is 0 Å². The van der Waals surface area contributed by atoms with Crippen molar-refractivity contribution < 1.29 is 4.52 Å². The van der Waals surface area contributed by atoms with Crippen LogP contribution in [0.4, 0.5) is 0 Å². The van der Waals surface area contributed by atoms with E-state index in [0.717, 1.165) is 31.0 Å². The normalized spacial score (nSPS) is 13.2. The van der Waals surface area contributed by atoms with E-state index < -0.39 is 0 Å². The molecule has 0 saturated carbocycles. The van der Waals surface area contributed by atoms with Crippen LogP contribution in [0.3, 0.4) is 0 Å². The van der Waals surface area contributed by atoms with Crippen molar-refractivity contribution in [2.24, 2.45) is 5.92 Å². The van der Waals surface area contributed by atoms with Crippen LogP contribution >= 0.6 is 0 Å². The van der Waals surface area contributed by atoms with Crippen LogP contribution in [-0.2, 0) is 12.8 Å². The average Bonchev–Trinajstić information content (AvgIpc) is 2.52. The van der Waals surface area contributed by atoms with Crippen molar-refractivity contribution in [3.8, 4) is 0 Å². The molecule has 0 aliphatic rings. The maximum atomic E-state index is 5.00. The Kier molecular flexibility index (Phi) is 3.26. The second-order valence-electron chi connectivity index (χ2n) is 3.18. The van der Waals surface area contributed by atoms with Crippen LogP contribution in [-0.4, -0.2) is 10.1 Å². The molecule has 0 N–H and O–H groups in total. The third-order valence-corrected chi connectivity index (χ3v) is 2.04. The first-order chi connectivity index (χ1) is 5.76. The Morgan fingerprint density at radius 3 is 2.67 bits per heavy atom. The van der Waals surface area contributed by atoms with Crippen LogP contribution in [0.2, 0.25) is 0 Å².